The second-order valence-corrected chi connectivity index (χ2v) is 9.71. The molecule has 3 aromatic rings. The molecular formula is C25H28BrN5O2. The van der Waals surface area contributed by atoms with Gasteiger partial charge in [0, 0.05) is 17.5 Å². The molecule has 2 N–H and O–H groups in total. The van der Waals surface area contributed by atoms with Gasteiger partial charge in [0.1, 0.15) is 11.9 Å². The highest BCUT2D eigenvalue weighted by atomic mass is 79.9. The average molecular weight is 510 g/mol. The Balaban J connectivity index is 1.70. The number of piperidine rings is 1. The number of pyridine rings is 1. The van der Waals surface area contributed by atoms with Crippen LogP contribution in [0.4, 0.5) is 5.82 Å². The van der Waals surface area contributed by atoms with E-state index in [9.17, 15) is 10.1 Å². The lowest BCUT2D eigenvalue weighted by atomic mass is 9.96. The summed E-state index contributed by atoms with van der Waals surface area (Å²) >= 11 is 3.62. The Hall–Kier alpha value is -2.89. The third-order valence-electron chi connectivity index (χ3n) is 6.11. The topological polar surface area (TPSA) is 94.2 Å². The fraction of sp³-hybridized carbons (Fsp3) is 0.400. The number of likely N-dealkylation sites (tertiary alicyclic amines) is 1. The quantitative estimate of drug-likeness (QED) is 0.480. The fourth-order valence-corrected chi connectivity index (χ4v) is 4.72. The van der Waals surface area contributed by atoms with Crippen molar-refractivity contribution >= 4 is 38.6 Å². The molecule has 2 aromatic heterocycles. The minimum Gasteiger partial charge on any atom is -0.443 e. The first kappa shape index (κ1) is 23.3. The van der Waals surface area contributed by atoms with Gasteiger partial charge in [-0.15, -0.1) is 0 Å². The molecule has 1 fully saturated rings. The molecule has 1 aliphatic heterocycles. The average Bonchev–Trinajstić information content (AvgIpc) is 3.26. The van der Waals surface area contributed by atoms with E-state index in [1.54, 1.807) is 6.07 Å². The van der Waals surface area contributed by atoms with Crippen molar-refractivity contribution in [1.82, 2.24) is 15.2 Å². The van der Waals surface area contributed by atoms with Crippen molar-refractivity contribution in [3.05, 3.63) is 57.9 Å². The second kappa shape index (κ2) is 9.94. The van der Waals surface area contributed by atoms with Gasteiger partial charge in [-0.2, -0.15) is 5.26 Å². The third-order valence-corrected chi connectivity index (χ3v) is 6.91. The summed E-state index contributed by atoms with van der Waals surface area (Å²) < 4.78 is 6.40. The number of nitrogens with zero attached hydrogens (tertiary/aromatic N) is 3. The minimum atomic E-state index is -0.333. The highest BCUT2D eigenvalue weighted by Crippen LogP contribution is 2.35. The number of furan rings is 1. The van der Waals surface area contributed by atoms with Gasteiger partial charge in [0.2, 0.25) is 5.76 Å². The molecule has 1 aliphatic rings. The van der Waals surface area contributed by atoms with Gasteiger partial charge in [0.05, 0.1) is 10.5 Å². The van der Waals surface area contributed by atoms with E-state index in [4.69, 9.17) is 4.42 Å². The molecule has 1 amide bonds. The van der Waals surface area contributed by atoms with Crippen LogP contribution in [0.1, 0.15) is 54.5 Å². The van der Waals surface area contributed by atoms with Crippen molar-refractivity contribution in [3.8, 4) is 6.07 Å². The molecule has 1 atom stereocenters. The largest absolute Gasteiger partial charge is 0.443 e. The maximum Gasteiger partial charge on any atom is 0.274 e. The van der Waals surface area contributed by atoms with Gasteiger partial charge in [-0.3, -0.25) is 4.79 Å². The van der Waals surface area contributed by atoms with E-state index in [-0.39, 0.29) is 35.4 Å². The lowest BCUT2D eigenvalue weighted by Gasteiger charge is -2.30. The second-order valence-electron chi connectivity index (χ2n) is 8.92. The van der Waals surface area contributed by atoms with Gasteiger partial charge in [0.15, 0.2) is 11.3 Å². The molecule has 0 spiro atoms. The summed E-state index contributed by atoms with van der Waals surface area (Å²) in [5.41, 5.74) is 1.50. The predicted molar refractivity (Wildman–Crippen MR) is 132 cm³/mol. The monoisotopic (exact) mass is 509 g/mol. The molecule has 0 aliphatic carbocycles. The Morgan fingerprint density at radius 2 is 1.97 bits per heavy atom. The summed E-state index contributed by atoms with van der Waals surface area (Å²) in [5.74, 6) is 0.570. The highest BCUT2D eigenvalue weighted by Gasteiger charge is 2.27. The molecule has 172 valence electrons. The Kier molecular flexibility index (Phi) is 7.01. The Labute approximate surface area is 202 Å². The van der Waals surface area contributed by atoms with Crippen LogP contribution in [0.15, 0.2) is 45.3 Å². The summed E-state index contributed by atoms with van der Waals surface area (Å²) in [6, 6.07) is 13.6. The van der Waals surface area contributed by atoms with Crippen molar-refractivity contribution in [2.24, 2.45) is 5.92 Å². The van der Waals surface area contributed by atoms with Gasteiger partial charge in [0.25, 0.3) is 5.91 Å². The summed E-state index contributed by atoms with van der Waals surface area (Å²) in [5, 5.41) is 16.7. The molecule has 3 heterocycles. The molecule has 7 nitrogen and oxygen atoms in total. The predicted octanol–water partition coefficient (Wildman–Crippen LogP) is 5.10. The van der Waals surface area contributed by atoms with Gasteiger partial charge in [-0.25, -0.2) is 4.98 Å². The summed E-state index contributed by atoms with van der Waals surface area (Å²) in [4.78, 5) is 20.5. The van der Waals surface area contributed by atoms with Crippen molar-refractivity contribution in [2.75, 3.05) is 25.5 Å². The number of rotatable bonds is 6. The first-order chi connectivity index (χ1) is 15.9. The molecule has 8 heteroatoms. The van der Waals surface area contributed by atoms with Gasteiger partial charge < -0.3 is 20.0 Å². The van der Waals surface area contributed by atoms with E-state index < -0.39 is 0 Å². The number of aromatic nitrogens is 1. The number of nitrogens with one attached hydrogen (secondary N) is 2. The molecule has 1 saturated heterocycles. The number of amides is 1. The van der Waals surface area contributed by atoms with Gasteiger partial charge in [-0.05, 0) is 60.4 Å². The highest BCUT2D eigenvalue weighted by molar-refractivity contribution is 9.10. The normalized spacial score (nSPS) is 16.0. The molecule has 0 radical (unpaired) electrons. The number of carbonyl (C=O) groups is 1. The molecule has 33 heavy (non-hydrogen) atoms. The number of hydrogen-bond acceptors (Lipinski definition) is 6. The van der Waals surface area contributed by atoms with Gasteiger partial charge >= 0.3 is 0 Å². The number of carbonyl (C=O) groups excluding carboxylic acids is 1. The first-order valence-electron chi connectivity index (χ1n) is 11.2. The Morgan fingerprint density at radius 1 is 1.27 bits per heavy atom. The lowest BCUT2D eigenvalue weighted by molar-refractivity contribution is 0.0921. The van der Waals surface area contributed by atoms with Crippen molar-refractivity contribution in [1.29, 1.82) is 5.26 Å². The fourth-order valence-electron chi connectivity index (χ4n) is 4.22. The number of nitriles is 1. The minimum absolute atomic E-state index is 0.140. The summed E-state index contributed by atoms with van der Waals surface area (Å²) in [6.07, 6.45) is 1.98. The summed E-state index contributed by atoms with van der Waals surface area (Å²) in [7, 11) is 2.12. The van der Waals surface area contributed by atoms with E-state index in [2.05, 4.69) is 57.3 Å². The molecule has 1 unspecified atom stereocenters. The van der Waals surface area contributed by atoms with Crippen LogP contribution in [0.25, 0.3) is 11.0 Å². The number of fused-ring (bicyclic) bond motifs is 1. The third kappa shape index (κ3) is 5.05. The maximum absolute atomic E-state index is 13.5. The molecular weight excluding hydrogens is 482 g/mol. The van der Waals surface area contributed by atoms with Crippen molar-refractivity contribution < 1.29 is 9.21 Å². The summed E-state index contributed by atoms with van der Waals surface area (Å²) in [6.45, 7) is 6.14. The first-order valence-corrected chi connectivity index (χ1v) is 12.0. The Morgan fingerprint density at radius 3 is 2.61 bits per heavy atom. The van der Waals surface area contributed by atoms with E-state index in [1.165, 1.54) is 0 Å². The zero-order valence-corrected chi connectivity index (χ0v) is 20.6. The Bertz CT molecular complexity index is 1180. The van der Waals surface area contributed by atoms with E-state index in [0.717, 1.165) is 31.5 Å². The van der Waals surface area contributed by atoms with Crippen molar-refractivity contribution in [3.63, 3.8) is 0 Å². The maximum atomic E-state index is 13.5. The van der Waals surface area contributed by atoms with Crippen molar-refractivity contribution in [2.45, 2.75) is 38.8 Å². The molecule has 0 saturated carbocycles. The molecule has 1 aromatic carbocycles. The zero-order valence-electron chi connectivity index (χ0n) is 19.1. The standard InChI is InChI=1S/C25H28BrN5O2/c1-15(2)21(16-7-5-4-6-8-16)30-25(32)22-23-19(13-18(14-27)33-23)20(26)24(29-22)28-17-9-11-31(3)12-10-17/h4-8,13,15,17,21H,9-12H2,1-3H3,(H,28,29)(H,30,32). The van der Waals surface area contributed by atoms with Crippen LogP contribution >= 0.6 is 15.9 Å². The van der Waals surface area contributed by atoms with E-state index in [0.29, 0.717) is 21.3 Å². The van der Waals surface area contributed by atoms with Gasteiger partial charge in [-0.1, -0.05) is 44.2 Å². The molecule has 0 bridgehead atoms. The number of hydrogen-bond donors (Lipinski definition) is 2. The number of anilines is 1. The zero-order chi connectivity index (χ0) is 23.5. The number of benzene rings is 1. The van der Waals surface area contributed by atoms with E-state index in [1.807, 2.05) is 36.4 Å². The lowest BCUT2D eigenvalue weighted by Crippen LogP contribution is -2.37. The van der Waals surface area contributed by atoms with Crippen LogP contribution in [0.5, 0.6) is 0 Å². The SMILES string of the molecule is CC(C)C(NC(=O)c1nc(NC2CCN(C)CC2)c(Br)c2cc(C#N)oc12)c1ccccc1. The van der Waals surface area contributed by atoms with E-state index >= 15 is 0 Å². The smallest absolute Gasteiger partial charge is 0.274 e. The van der Waals surface area contributed by atoms with Crippen LogP contribution in [-0.2, 0) is 0 Å². The van der Waals surface area contributed by atoms with Crippen LogP contribution in [-0.4, -0.2) is 42.0 Å². The number of halogens is 1. The van der Waals surface area contributed by atoms with Crippen LogP contribution in [0, 0.1) is 17.2 Å². The van der Waals surface area contributed by atoms with Crippen LogP contribution < -0.4 is 10.6 Å². The van der Waals surface area contributed by atoms with Crippen LogP contribution in [0.3, 0.4) is 0 Å². The van der Waals surface area contributed by atoms with Crippen LogP contribution in [0.2, 0.25) is 0 Å². The molecule has 4 rings (SSSR count).